The maximum absolute atomic E-state index is 12.8. The van der Waals surface area contributed by atoms with Crippen LogP contribution in [0.1, 0.15) is 290 Å². The maximum atomic E-state index is 12.8. The zero-order valence-electron chi connectivity index (χ0n) is 52.5. The summed E-state index contributed by atoms with van der Waals surface area (Å²) in [4.78, 5) is 38.0. The molecule has 1 unspecified atom stereocenters. The van der Waals surface area contributed by atoms with Gasteiger partial charge in [-0.2, -0.15) is 0 Å². The molecule has 0 bridgehead atoms. The number of carbonyl (C=O) groups excluding carboxylic acids is 3. The zero-order valence-corrected chi connectivity index (χ0v) is 52.5. The second kappa shape index (κ2) is 67.8. The highest BCUT2D eigenvalue weighted by Crippen LogP contribution is 2.16. The molecule has 0 aromatic rings. The van der Waals surface area contributed by atoms with E-state index in [0.29, 0.717) is 19.3 Å². The van der Waals surface area contributed by atoms with Gasteiger partial charge in [0.2, 0.25) is 0 Å². The van der Waals surface area contributed by atoms with E-state index in [9.17, 15) is 14.4 Å². The van der Waals surface area contributed by atoms with Crippen molar-refractivity contribution in [1.82, 2.24) is 0 Å². The number of carbonyl (C=O) groups is 3. The van der Waals surface area contributed by atoms with Crippen LogP contribution in [0.3, 0.4) is 0 Å². The van der Waals surface area contributed by atoms with Gasteiger partial charge in [-0.05, 0) is 122 Å². The Labute approximate surface area is 499 Å². The molecule has 0 saturated carbocycles. The number of esters is 3. The van der Waals surface area contributed by atoms with E-state index < -0.39 is 6.10 Å². The maximum Gasteiger partial charge on any atom is 0.306 e. The highest BCUT2D eigenvalue weighted by Gasteiger charge is 2.19. The van der Waals surface area contributed by atoms with Gasteiger partial charge in [0.25, 0.3) is 0 Å². The van der Waals surface area contributed by atoms with E-state index in [-0.39, 0.29) is 31.1 Å². The average Bonchev–Trinajstić information content (AvgIpc) is 3.47. The number of hydrogen-bond acceptors (Lipinski definition) is 6. The smallest absolute Gasteiger partial charge is 0.306 e. The Hall–Kier alpha value is -4.71. The van der Waals surface area contributed by atoms with Gasteiger partial charge in [-0.15, -0.1) is 0 Å². The minimum Gasteiger partial charge on any atom is -0.462 e. The van der Waals surface area contributed by atoms with Crippen molar-refractivity contribution in [2.75, 3.05) is 13.2 Å². The van der Waals surface area contributed by atoms with E-state index in [2.05, 4.69) is 167 Å². The predicted molar refractivity (Wildman–Crippen MR) is 352 cm³/mol. The monoisotopic (exact) mass is 1120 g/mol. The Kier molecular flexibility index (Phi) is 63.9. The molecule has 0 saturated heterocycles. The second-order valence-corrected chi connectivity index (χ2v) is 21.6. The summed E-state index contributed by atoms with van der Waals surface area (Å²) in [5.74, 6) is -0.915. The van der Waals surface area contributed by atoms with Crippen LogP contribution in [-0.4, -0.2) is 37.2 Å². The Balaban J connectivity index is 4.06. The molecule has 0 amide bonds. The third-order valence-electron chi connectivity index (χ3n) is 13.8. The lowest BCUT2D eigenvalue weighted by molar-refractivity contribution is -0.167. The van der Waals surface area contributed by atoms with Gasteiger partial charge in [-0.25, -0.2) is 0 Å². The molecule has 1 atom stereocenters. The van der Waals surface area contributed by atoms with E-state index in [1.165, 1.54) is 96.3 Å². The van der Waals surface area contributed by atoms with Crippen LogP contribution < -0.4 is 0 Å². The Morgan fingerprint density at radius 1 is 0.259 bits per heavy atom. The predicted octanol–water partition coefficient (Wildman–Crippen LogP) is 23.1. The van der Waals surface area contributed by atoms with Gasteiger partial charge in [0.1, 0.15) is 13.2 Å². The van der Waals surface area contributed by atoms with Crippen LogP contribution in [0.5, 0.6) is 0 Å². The molecular formula is C75H122O6. The molecule has 0 aromatic carbocycles. The molecule has 6 nitrogen and oxygen atoms in total. The lowest BCUT2D eigenvalue weighted by Crippen LogP contribution is -2.30. The van der Waals surface area contributed by atoms with Crippen molar-refractivity contribution in [3.8, 4) is 0 Å². The molecule has 0 aliphatic carbocycles. The van der Waals surface area contributed by atoms with Crippen molar-refractivity contribution in [3.05, 3.63) is 146 Å². The van der Waals surface area contributed by atoms with Gasteiger partial charge in [0.05, 0.1) is 0 Å². The van der Waals surface area contributed by atoms with Gasteiger partial charge in [0, 0.05) is 19.3 Å². The Morgan fingerprint density at radius 2 is 0.481 bits per heavy atom. The molecule has 81 heavy (non-hydrogen) atoms. The van der Waals surface area contributed by atoms with Crippen molar-refractivity contribution in [1.29, 1.82) is 0 Å². The first-order chi connectivity index (χ1) is 40.0. The summed E-state index contributed by atoms with van der Waals surface area (Å²) in [5.41, 5.74) is 0. The van der Waals surface area contributed by atoms with E-state index in [1.54, 1.807) is 0 Å². The molecule has 0 spiro atoms. The van der Waals surface area contributed by atoms with Crippen molar-refractivity contribution in [2.24, 2.45) is 0 Å². The first kappa shape index (κ1) is 76.3. The highest BCUT2D eigenvalue weighted by molar-refractivity contribution is 5.71. The standard InChI is InChI=1S/C75H122O6/c1-4-7-10-13-15-17-19-21-23-25-27-29-31-33-34-35-36-37-38-39-40-42-43-45-47-49-51-53-55-57-59-62-65-68-74(77)80-71-72(70-79-73(76)67-64-61-12-9-6-3)81-75(78)69-66-63-60-58-56-54-52-50-48-46-44-41-32-30-28-26-24-22-20-18-16-14-11-8-5-2/h7-8,10-11,15-18,21-24,27-30,33-34,36-37,41,44,48,50,72H,4-6,9,12-14,19-20,25-26,31-32,35,38-40,42-43,45-47,49,51-71H2,1-3H3/b10-7-,11-8-,17-15-,18-16-,23-21-,24-22-,29-27-,30-28-,34-33-,37-36-,44-41-,50-48-. The number of hydrogen-bond donors (Lipinski definition) is 0. The van der Waals surface area contributed by atoms with E-state index in [1.807, 2.05) is 0 Å². The normalized spacial score (nSPS) is 13.1. The van der Waals surface area contributed by atoms with Crippen LogP contribution in [0.15, 0.2) is 146 Å². The summed E-state index contributed by atoms with van der Waals surface area (Å²) in [6.45, 7) is 6.32. The summed E-state index contributed by atoms with van der Waals surface area (Å²) in [5, 5.41) is 0. The Bertz CT molecular complexity index is 1760. The quantitative estimate of drug-likeness (QED) is 0.0261. The second-order valence-electron chi connectivity index (χ2n) is 21.6. The van der Waals surface area contributed by atoms with Crippen molar-refractivity contribution in [3.63, 3.8) is 0 Å². The molecule has 0 N–H and O–H groups in total. The van der Waals surface area contributed by atoms with Gasteiger partial charge >= 0.3 is 17.9 Å². The summed E-state index contributed by atoms with van der Waals surface area (Å²) in [6.07, 6.45) is 97.7. The SMILES string of the molecule is CC/C=C\C/C=C\C/C=C\C/C=C\C/C=C\C/C=C\CCCCCCCCCCCCCCCCC(=O)OCC(COC(=O)CCCCCCC)OC(=O)CCCCCCCC/C=C\C/C=C\C/C=C\C/C=C\C/C=C\C/C=C\CC. The molecule has 6 heteroatoms. The summed E-state index contributed by atoms with van der Waals surface area (Å²) >= 11 is 0. The molecule has 0 aromatic heterocycles. The third-order valence-corrected chi connectivity index (χ3v) is 13.8. The first-order valence-electron chi connectivity index (χ1n) is 33.3. The number of allylic oxidation sites excluding steroid dienone is 24. The molecular weight excluding hydrogens is 997 g/mol. The molecule has 0 heterocycles. The minimum atomic E-state index is -0.788. The van der Waals surface area contributed by atoms with E-state index >= 15 is 0 Å². The van der Waals surface area contributed by atoms with Crippen LogP contribution in [0.25, 0.3) is 0 Å². The van der Waals surface area contributed by atoms with Crippen molar-refractivity contribution in [2.45, 2.75) is 297 Å². The van der Waals surface area contributed by atoms with Gasteiger partial charge in [-0.1, -0.05) is 295 Å². The van der Waals surface area contributed by atoms with Gasteiger partial charge in [-0.3, -0.25) is 14.4 Å². The fourth-order valence-corrected chi connectivity index (χ4v) is 8.92. The fraction of sp³-hybridized carbons (Fsp3) is 0.640. The molecule has 0 aliphatic heterocycles. The van der Waals surface area contributed by atoms with Gasteiger partial charge in [0.15, 0.2) is 6.10 Å². The zero-order chi connectivity index (χ0) is 58.5. The molecule has 0 rings (SSSR count). The van der Waals surface area contributed by atoms with E-state index in [0.717, 1.165) is 154 Å². The summed E-state index contributed by atoms with van der Waals surface area (Å²) < 4.78 is 16.8. The van der Waals surface area contributed by atoms with Gasteiger partial charge < -0.3 is 14.2 Å². The molecule has 0 radical (unpaired) electrons. The average molecular weight is 1120 g/mol. The van der Waals surface area contributed by atoms with Crippen LogP contribution >= 0.6 is 0 Å². The number of rotatable bonds is 59. The summed E-state index contributed by atoms with van der Waals surface area (Å²) in [7, 11) is 0. The van der Waals surface area contributed by atoms with Crippen LogP contribution in [0.2, 0.25) is 0 Å². The summed E-state index contributed by atoms with van der Waals surface area (Å²) in [6, 6.07) is 0. The number of unbranched alkanes of at least 4 members (excludes halogenated alkanes) is 24. The van der Waals surface area contributed by atoms with Crippen molar-refractivity contribution >= 4 is 17.9 Å². The fourth-order valence-electron chi connectivity index (χ4n) is 8.92. The minimum absolute atomic E-state index is 0.0871. The van der Waals surface area contributed by atoms with Crippen LogP contribution in [0, 0.1) is 0 Å². The van der Waals surface area contributed by atoms with Crippen molar-refractivity contribution < 1.29 is 28.6 Å². The number of ether oxygens (including phenoxy) is 3. The van der Waals surface area contributed by atoms with E-state index in [4.69, 9.17) is 14.2 Å². The first-order valence-corrected chi connectivity index (χ1v) is 33.3. The Morgan fingerprint density at radius 3 is 0.753 bits per heavy atom. The molecule has 0 aliphatic rings. The topological polar surface area (TPSA) is 78.9 Å². The largest absolute Gasteiger partial charge is 0.462 e. The molecule has 0 fully saturated rings. The van der Waals surface area contributed by atoms with Crippen LogP contribution in [-0.2, 0) is 28.6 Å². The van der Waals surface area contributed by atoms with Crippen LogP contribution in [0.4, 0.5) is 0 Å². The highest BCUT2D eigenvalue weighted by atomic mass is 16.6. The molecule has 458 valence electrons. The third kappa shape index (κ3) is 66.0. The lowest BCUT2D eigenvalue weighted by atomic mass is 10.0. The lowest BCUT2D eigenvalue weighted by Gasteiger charge is -2.18.